The molecule has 0 saturated heterocycles. The van der Waals surface area contributed by atoms with Crippen LogP contribution in [0.4, 0.5) is 8.78 Å². The number of rotatable bonds is 5. The molecule has 1 aromatic carbocycles. The summed E-state index contributed by atoms with van der Waals surface area (Å²) in [5.74, 6) is -1.07. The van der Waals surface area contributed by atoms with E-state index in [1.807, 2.05) is 6.07 Å². The summed E-state index contributed by atoms with van der Waals surface area (Å²) in [6.07, 6.45) is 2.40. The van der Waals surface area contributed by atoms with Crippen LogP contribution in [0.15, 0.2) is 36.4 Å². The van der Waals surface area contributed by atoms with Gasteiger partial charge in [-0.05, 0) is 31.0 Å². The van der Waals surface area contributed by atoms with Crippen LogP contribution < -0.4 is 10.1 Å². The second-order valence-corrected chi connectivity index (χ2v) is 4.80. The molecule has 0 aliphatic heterocycles. The number of halogens is 2. The van der Waals surface area contributed by atoms with E-state index in [0.29, 0.717) is 12.6 Å². The van der Waals surface area contributed by atoms with Crippen LogP contribution in [0.3, 0.4) is 0 Å². The lowest BCUT2D eigenvalue weighted by molar-refractivity contribution is 0.420. The van der Waals surface area contributed by atoms with E-state index in [9.17, 15) is 8.78 Å². The number of hydrogen-bond donors (Lipinski definition) is 1. The highest BCUT2D eigenvalue weighted by Crippen LogP contribution is 2.24. The molecule has 2 aromatic rings. The van der Waals surface area contributed by atoms with Gasteiger partial charge >= 0.3 is 0 Å². The molecule has 1 heterocycles. The van der Waals surface area contributed by atoms with Crippen molar-refractivity contribution in [1.29, 1.82) is 0 Å². The van der Waals surface area contributed by atoms with Gasteiger partial charge in [0.1, 0.15) is 5.82 Å². The molecule has 104 valence electrons. The molecule has 0 spiro atoms. The molecule has 1 aliphatic carbocycles. The van der Waals surface area contributed by atoms with Gasteiger partial charge in [0, 0.05) is 24.7 Å². The first-order valence-electron chi connectivity index (χ1n) is 6.53. The van der Waals surface area contributed by atoms with Crippen molar-refractivity contribution < 1.29 is 13.5 Å². The van der Waals surface area contributed by atoms with Crippen LogP contribution in [0.25, 0.3) is 0 Å². The SMILES string of the molecule is Fc1ccc(F)c(Oc2cccc(CNC3CC3)n2)c1. The van der Waals surface area contributed by atoms with Crippen molar-refractivity contribution >= 4 is 0 Å². The van der Waals surface area contributed by atoms with E-state index in [1.165, 1.54) is 12.8 Å². The van der Waals surface area contributed by atoms with Crippen LogP contribution in [-0.4, -0.2) is 11.0 Å². The van der Waals surface area contributed by atoms with E-state index in [0.717, 1.165) is 23.9 Å². The lowest BCUT2D eigenvalue weighted by atomic mass is 10.3. The molecule has 1 saturated carbocycles. The molecule has 1 fully saturated rings. The average molecular weight is 276 g/mol. The van der Waals surface area contributed by atoms with Gasteiger partial charge in [-0.25, -0.2) is 13.8 Å². The lowest BCUT2D eigenvalue weighted by Gasteiger charge is -2.08. The number of nitrogens with one attached hydrogen (secondary N) is 1. The van der Waals surface area contributed by atoms with Crippen LogP contribution in [0.2, 0.25) is 0 Å². The van der Waals surface area contributed by atoms with Gasteiger partial charge in [0.25, 0.3) is 0 Å². The molecule has 0 amide bonds. The van der Waals surface area contributed by atoms with Gasteiger partial charge in [-0.2, -0.15) is 0 Å². The lowest BCUT2D eigenvalue weighted by Crippen LogP contribution is -2.16. The Morgan fingerprint density at radius 1 is 1.20 bits per heavy atom. The number of pyridine rings is 1. The fourth-order valence-corrected chi connectivity index (χ4v) is 1.82. The maximum atomic E-state index is 13.5. The van der Waals surface area contributed by atoms with Crippen molar-refractivity contribution in [3.63, 3.8) is 0 Å². The molecule has 5 heteroatoms. The van der Waals surface area contributed by atoms with Crippen LogP contribution in [-0.2, 0) is 6.54 Å². The highest BCUT2D eigenvalue weighted by molar-refractivity contribution is 5.29. The Balaban J connectivity index is 1.72. The molecule has 1 aromatic heterocycles. The Kier molecular flexibility index (Phi) is 3.60. The number of nitrogens with zero attached hydrogens (tertiary/aromatic N) is 1. The maximum absolute atomic E-state index is 13.5. The predicted molar refractivity (Wildman–Crippen MR) is 70.5 cm³/mol. The average Bonchev–Trinajstić information content (AvgIpc) is 3.25. The highest BCUT2D eigenvalue weighted by Gasteiger charge is 2.20. The standard InChI is InChI=1S/C15H14F2N2O/c16-10-4-7-13(17)14(8-10)20-15-3-1-2-12(19-15)9-18-11-5-6-11/h1-4,7-8,11,18H,5-6,9H2. The summed E-state index contributed by atoms with van der Waals surface area (Å²) in [6, 6.07) is 8.93. The summed E-state index contributed by atoms with van der Waals surface area (Å²) in [5, 5.41) is 3.33. The highest BCUT2D eigenvalue weighted by atomic mass is 19.1. The zero-order valence-corrected chi connectivity index (χ0v) is 10.8. The van der Waals surface area contributed by atoms with Gasteiger partial charge in [-0.15, -0.1) is 0 Å². The Bertz CT molecular complexity index is 615. The molecule has 0 bridgehead atoms. The maximum Gasteiger partial charge on any atom is 0.219 e. The first-order valence-corrected chi connectivity index (χ1v) is 6.53. The normalized spacial score (nSPS) is 14.3. The number of hydrogen-bond acceptors (Lipinski definition) is 3. The van der Waals surface area contributed by atoms with Crippen molar-refractivity contribution in [2.45, 2.75) is 25.4 Å². The Morgan fingerprint density at radius 2 is 2.05 bits per heavy atom. The van der Waals surface area contributed by atoms with Gasteiger partial charge in [0.2, 0.25) is 5.88 Å². The first-order chi connectivity index (χ1) is 9.70. The van der Waals surface area contributed by atoms with Gasteiger partial charge < -0.3 is 10.1 Å². The minimum Gasteiger partial charge on any atom is -0.436 e. The molecule has 0 radical (unpaired) electrons. The van der Waals surface area contributed by atoms with Crippen molar-refractivity contribution in [1.82, 2.24) is 10.3 Å². The Morgan fingerprint density at radius 3 is 2.85 bits per heavy atom. The summed E-state index contributed by atoms with van der Waals surface area (Å²) < 4.78 is 31.9. The van der Waals surface area contributed by atoms with Crippen molar-refractivity contribution in [2.24, 2.45) is 0 Å². The summed E-state index contributed by atoms with van der Waals surface area (Å²) >= 11 is 0. The van der Waals surface area contributed by atoms with Crippen LogP contribution >= 0.6 is 0 Å². The monoisotopic (exact) mass is 276 g/mol. The zero-order chi connectivity index (χ0) is 13.9. The second-order valence-electron chi connectivity index (χ2n) is 4.80. The van der Waals surface area contributed by atoms with Gasteiger partial charge in [-0.1, -0.05) is 6.07 Å². The van der Waals surface area contributed by atoms with Crippen LogP contribution in [0.1, 0.15) is 18.5 Å². The van der Waals surface area contributed by atoms with E-state index in [2.05, 4.69) is 10.3 Å². The fraction of sp³-hybridized carbons (Fsp3) is 0.267. The zero-order valence-electron chi connectivity index (χ0n) is 10.8. The summed E-state index contributed by atoms with van der Waals surface area (Å²) in [7, 11) is 0. The third-order valence-corrected chi connectivity index (χ3v) is 3.04. The molecule has 3 rings (SSSR count). The van der Waals surface area contributed by atoms with Crippen molar-refractivity contribution in [3.8, 4) is 11.6 Å². The number of ether oxygens (including phenoxy) is 1. The molecular weight excluding hydrogens is 262 g/mol. The van der Waals surface area contributed by atoms with E-state index in [1.54, 1.807) is 12.1 Å². The first kappa shape index (κ1) is 13.0. The van der Waals surface area contributed by atoms with E-state index < -0.39 is 11.6 Å². The molecule has 20 heavy (non-hydrogen) atoms. The van der Waals surface area contributed by atoms with E-state index >= 15 is 0 Å². The van der Waals surface area contributed by atoms with Crippen LogP contribution in [0.5, 0.6) is 11.6 Å². The van der Waals surface area contributed by atoms with Crippen LogP contribution in [0, 0.1) is 11.6 Å². The minimum absolute atomic E-state index is 0.162. The van der Waals surface area contributed by atoms with Crippen molar-refractivity contribution in [3.05, 3.63) is 53.7 Å². The Hall–Kier alpha value is -2.01. The quantitative estimate of drug-likeness (QED) is 0.908. The third-order valence-electron chi connectivity index (χ3n) is 3.04. The predicted octanol–water partition coefficient (Wildman–Crippen LogP) is 3.40. The number of benzene rings is 1. The Labute approximate surface area is 115 Å². The van der Waals surface area contributed by atoms with E-state index in [-0.39, 0.29) is 11.6 Å². The smallest absolute Gasteiger partial charge is 0.219 e. The van der Waals surface area contributed by atoms with E-state index in [4.69, 9.17) is 4.74 Å². The molecule has 1 N–H and O–H groups in total. The molecule has 3 nitrogen and oxygen atoms in total. The topological polar surface area (TPSA) is 34.1 Å². The molecule has 0 unspecified atom stereocenters. The van der Waals surface area contributed by atoms with Gasteiger partial charge in [-0.3, -0.25) is 0 Å². The van der Waals surface area contributed by atoms with Gasteiger partial charge in [0.15, 0.2) is 11.6 Å². The third kappa shape index (κ3) is 3.30. The van der Waals surface area contributed by atoms with Crippen molar-refractivity contribution in [2.75, 3.05) is 0 Å². The second kappa shape index (κ2) is 5.54. The summed E-state index contributed by atoms with van der Waals surface area (Å²) in [5.41, 5.74) is 0.811. The molecule has 1 aliphatic rings. The summed E-state index contributed by atoms with van der Waals surface area (Å²) in [4.78, 5) is 4.26. The number of aromatic nitrogens is 1. The molecular formula is C15H14F2N2O. The largest absolute Gasteiger partial charge is 0.436 e. The minimum atomic E-state index is -0.616. The van der Waals surface area contributed by atoms with Gasteiger partial charge in [0.05, 0.1) is 5.69 Å². The molecule has 0 atom stereocenters. The summed E-state index contributed by atoms with van der Waals surface area (Å²) in [6.45, 7) is 0.646. The fourth-order valence-electron chi connectivity index (χ4n) is 1.82.